The molecule has 1 fully saturated rings. The molecule has 6 nitrogen and oxygen atoms in total. The summed E-state index contributed by atoms with van der Waals surface area (Å²) in [5.41, 5.74) is 5.39. The summed E-state index contributed by atoms with van der Waals surface area (Å²) in [6.45, 7) is 0.596. The molecule has 0 radical (unpaired) electrons. The molecular weight excluding hydrogens is 242 g/mol. The average molecular weight is 259 g/mol. The molecule has 96 valence electrons. The first-order valence-corrected chi connectivity index (χ1v) is 7.63. The van der Waals surface area contributed by atoms with E-state index in [4.69, 9.17) is 10.3 Å². The van der Waals surface area contributed by atoms with Gasteiger partial charge in [0.05, 0.1) is 11.5 Å². The van der Waals surface area contributed by atoms with Crippen molar-refractivity contribution in [2.45, 2.75) is 25.7 Å². The van der Waals surface area contributed by atoms with Crippen LogP contribution in [0.15, 0.2) is 4.52 Å². The molecule has 1 aromatic heterocycles. The van der Waals surface area contributed by atoms with Gasteiger partial charge in [0, 0.05) is 12.8 Å². The van der Waals surface area contributed by atoms with Crippen LogP contribution in [0.1, 0.15) is 24.6 Å². The van der Waals surface area contributed by atoms with E-state index in [1.54, 1.807) is 0 Å². The molecule has 1 unspecified atom stereocenters. The number of sulfone groups is 1. The molecule has 0 bridgehead atoms. The Balaban J connectivity index is 1.89. The van der Waals surface area contributed by atoms with Gasteiger partial charge in [0.15, 0.2) is 15.7 Å². The molecular formula is C10H17N3O3S. The third-order valence-corrected chi connectivity index (χ3v) is 4.74. The zero-order valence-electron chi connectivity index (χ0n) is 9.63. The molecule has 1 aliphatic heterocycles. The minimum Gasteiger partial charge on any atom is -0.339 e. The molecule has 1 atom stereocenters. The molecule has 2 N–H and O–H groups in total. The van der Waals surface area contributed by atoms with Gasteiger partial charge in [0.1, 0.15) is 0 Å². The molecule has 2 rings (SSSR count). The minimum absolute atomic E-state index is 0.139. The molecule has 0 saturated carbocycles. The van der Waals surface area contributed by atoms with Crippen molar-refractivity contribution in [3.8, 4) is 0 Å². The zero-order valence-corrected chi connectivity index (χ0v) is 10.4. The summed E-state index contributed by atoms with van der Waals surface area (Å²) in [5.74, 6) is 1.88. The lowest BCUT2D eigenvalue weighted by molar-refractivity contribution is 0.368. The van der Waals surface area contributed by atoms with Crippen LogP contribution in [0.4, 0.5) is 0 Å². The predicted octanol–water partition coefficient (Wildman–Crippen LogP) is -0.0619. The summed E-state index contributed by atoms with van der Waals surface area (Å²) in [4.78, 5) is 4.23. The quantitative estimate of drug-likeness (QED) is 0.795. The van der Waals surface area contributed by atoms with Crippen LogP contribution in [0.2, 0.25) is 0 Å². The van der Waals surface area contributed by atoms with Crippen LogP contribution in [-0.4, -0.2) is 36.6 Å². The van der Waals surface area contributed by atoms with Gasteiger partial charge >= 0.3 is 0 Å². The summed E-state index contributed by atoms with van der Waals surface area (Å²) < 4.78 is 27.7. The fraction of sp³-hybridized carbons (Fsp3) is 0.800. The Morgan fingerprint density at radius 3 is 2.94 bits per heavy atom. The Kier molecular flexibility index (Phi) is 3.78. The van der Waals surface area contributed by atoms with Gasteiger partial charge in [0.25, 0.3) is 0 Å². The number of aromatic nitrogens is 2. The van der Waals surface area contributed by atoms with E-state index in [1.807, 2.05) is 0 Å². The SMILES string of the molecule is NCCCc1nc(CC2CCS(=O)(=O)C2)no1. The first-order chi connectivity index (χ1) is 8.09. The van der Waals surface area contributed by atoms with Crippen molar-refractivity contribution < 1.29 is 12.9 Å². The summed E-state index contributed by atoms with van der Waals surface area (Å²) >= 11 is 0. The largest absolute Gasteiger partial charge is 0.339 e. The van der Waals surface area contributed by atoms with Crippen LogP contribution in [0.3, 0.4) is 0 Å². The van der Waals surface area contributed by atoms with Crippen LogP contribution < -0.4 is 5.73 Å². The highest BCUT2D eigenvalue weighted by atomic mass is 32.2. The van der Waals surface area contributed by atoms with E-state index in [0.717, 1.165) is 6.42 Å². The lowest BCUT2D eigenvalue weighted by Gasteiger charge is -2.01. The van der Waals surface area contributed by atoms with Crippen molar-refractivity contribution in [3.63, 3.8) is 0 Å². The maximum Gasteiger partial charge on any atom is 0.226 e. The monoisotopic (exact) mass is 259 g/mol. The molecule has 1 saturated heterocycles. The Hall–Kier alpha value is -0.950. The smallest absolute Gasteiger partial charge is 0.226 e. The molecule has 17 heavy (non-hydrogen) atoms. The van der Waals surface area contributed by atoms with E-state index in [0.29, 0.717) is 37.5 Å². The average Bonchev–Trinajstić information content (AvgIpc) is 2.83. The van der Waals surface area contributed by atoms with Crippen molar-refractivity contribution in [3.05, 3.63) is 11.7 Å². The topological polar surface area (TPSA) is 99.1 Å². The van der Waals surface area contributed by atoms with Crippen molar-refractivity contribution in [2.24, 2.45) is 11.7 Å². The van der Waals surface area contributed by atoms with E-state index >= 15 is 0 Å². The maximum atomic E-state index is 11.3. The summed E-state index contributed by atoms with van der Waals surface area (Å²) in [7, 11) is -2.83. The van der Waals surface area contributed by atoms with Gasteiger partial charge in [-0.3, -0.25) is 0 Å². The van der Waals surface area contributed by atoms with Gasteiger partial charge in [0.2, 0.25) is 5.89 Å². The van der Waals surface area contributed by atoms with Gasteiger partial charge in [-0.2, -0.15) is 4.98 Å². The van der Waals surface area contributed by atoms with E-state index in [1.165, 1.54) is 0 Å². The van der Waals surface area contributed by atoms with Crippen LogP contribution >= 0.6 is 0 Å². The fourth-order valence-electron chi connectivity index (χ4n) is 2.02. The molecule has 1 aromatic rings. The Bertz CT molecular complexity index is 469. The highest BCUT2D eigenvalue weighted by Crippen LogP contribution is 2.21. The molecule has 0 aromatic carbocycles. The zero-order chi connectivity index (χ0) is 12.3. The van der Waals surface area contributed by atoms with Crippen LogP contribution in [0.5, 0.6) is 0 Å². The molecule has 2 heterocycles. The third-order valence-electron chi connectivity index (χ3n) is 2.90. The number of rotatable bonds is 5. The second-order valence-corrected chi connectivity index (χ2v) is 6.70. The molecule has 1 aliphatic rings. The first kappa shape index (κ1) is 12.5. The van der Waals surface area contributed by atoms with Crippen molar-refractivity contribution in [1.82, 2.24) is 10.1 Å². The number of hydrogen-bond donors (Lipinski definition) is 1. The predicted molar refractivity (Wildman–Crippen MR) is 62.1 cm³/mol. The van der Waals surface area contributed by atoms with E-state index in [-0.39, 0.29) is 17.4 Å². The minimum atomic E-state index is -2.83. The van der Waals surface area contributed by atoms with Gasteiger partial charge in [-0.1, -0.05) is 5.16 Å². The van der Waals surface area contributed by atoms with Gasteiger partial charge < -0.3 is 10.3 Å². The second kappa shape index (κ2) is 5.14. The fourth-order valence-corrected chi connectivity index (χ4v) is 3.88. The van der Waals surface area contributed by atoms with Gasteiger partial charge in [-0.15, -0.1) is 0 Å². The first-order valence-electron chi connectivity index (χ1n) is 5.81. The standard InChI is InChI=1S/C10H17N3O3S/c11-4-1-2-10-12-9(13-16-10)6-8-3-5-17(14,15)7-8/h8H,1-7,11H2. The van der Waals surface area contributed by atoms with E-state index in [9.17, 15) is 8.42 Å². The molecule has 0 amide bonds. The molecule has 7 heteroatoms. The summed E-state index contributed by atoms with van der Waals surface area (Å²) in [5, 5.41) is 3.86. The van der Waals surface area contributed by atoms with Crippen LogP contribution in [0.25, 0.3) is 0 Å². The summed E-state index contributed by atoms with van der Waals surface area (Å²) in [6, 6.07) is 0. The number of nitrogens with two attached hydrogens (primary N) is 1. The molecule has 0 spiro atoms. The lowest BCUT2D eigenvalue weighted by atomic mass is 10.1. The highest BCUT2D eigenvalue weighted by molar-refractivity contribution is 7.91. The number of aryl methyl sites for hydroxylation is 1. The van der Waals surface area contributed by atoms with Crippen LogP contribution in [-0.2, 0) is 22.7 Å². The summed E-state index contributed by atoms with van der Waals surface area (Å²) in [6.07, 6.45) is 2.80. The van der Waals surface area contributed by atoms with Crippen molar-refractivity contribution in [2.75, 3.05) is 18.1 Å². The maximum absolute atomic E-state index is 11.3. The van der Waals surface area contributed by atoms with E-state index in [2.05, 4.69) is 10.1 Å². The molecule has 0 aliphatic carbocycles. The van der Waals surface area contributed by atoms with Gasteiger partial charge in [-0.05, 0) is 25.3 Å². The Morgan fingerprint density at radius 1 is 1.47 bits per heavy atom. The normalized spacial score (nSPS) is 23.0. The third kappa shape index (κ3) is 3.50. The van der Waals surface area contributed by atoms with Gasteiger partial charge in [-0.25, -0.2) is 8.42 Å². The lowest BCUT2D eigenvalue weighted by Crippen LogP contribution is -2.08. The Labute approximate surface area is 100 Å². The Morgan fingerprint density at radius 2 is 2.29 bits per heavy atom. The van der Waals surface area contributed by atoms with Crippen molar-refractivity contribution >= 4 is 9.84 Å². The highest BCUT2D eigenvalue weighted by Gasteiger charge is 2.29. The second-order valence-electron chi connectivity index (χ2n) is 4.47. The van der Waals surface area contributed by atoms with Crippen molar-refractivity contribution in [1.29, 1.82) is 0 Å². The van der Waals surface area contributed by atoms with E-state index < -0.39 is 9.84 Å². The number of hydrogen-bond acceptors (Lipinski definition) is 6. The number of nitrogens with zero attached hydrogens (tertiary/aromatic N) is 2. The van der Waals surface area contributed by atoms with Crippen LogP contribution in [0, 0.1) is 5.92 Å².